The Balaban J connectivity index is 0.00000400. The standard InChI is InChI=1S/C26H25N3O7S.ClH/c27-15-9-10-18-21(14-15)36-24-19(23(18)16-6-3-4-7-17(16)26(32)33)11-12-20(28)25(24)37(34,35)29-13-5-1-2-8-22(30)31;/h3-4,6-7,9-12,14,28-29H,1-2,5,8,13,27H2,(H,30,31)(H,32,33);1H/p-1. The van der Waals surface area contributed by atoms with Crippen molar-refractivity contribution in [1.82, 2.24) is 4.72 Å². The number of nitrogens with one attached hydrogen (secondary N) is 2. The number of hydrogen-bond donors (Lipinski definition) is 5. The molecule has 1 aliphatic carbocycles. The number of aromatic carboxylic acids is 1. The second-order valence-electron chi connectivity index (χ2n) is 8.50. The molecule has 0 aromatic heterocycles. The molecule has 0 amide bonds. The van der Waals surface area contributed by atoms with E-state index in [1.165, 1.54) is 24.3 Å². The van der Waals surface area contributed by atoms with Gasteiger partial charge in [-0.25, -0.2) is 17.9 Å². The highest BCUT2D eigenvalue weighted by molar-refractivity contribution is 7.89. The number of nitrogens with two attached hydrogens (primary N) is 1. The van der Waals surface area contributed by atoms with E-state index in [9.17, 15) is 23.1 Å². The number of nitrogen functional groups attached to an aromatic ring is 1. The van der Waals surface area contributed by atoms with Gasteiger partial charge in [0.1, 0.15) is 5.58 Å². The number of sulfonamides is 1. The van der Waals surface area contributed by atoms with Crippen molar-refractivity contribution in [2.75, 3.05) is 12.3 Å². The zero-order valence-corrected chi connectivity index (χ0v) is 21.6. The van der Waals surface area contributed by atoms with Crippen LogP contribution in [0.15, 0.2) is 63.9 Å². The number of benzene rings is 3. The molecule has 2 aromatic carbocycles. The summed E-state index contributed by atoms with van der Waals surface area (Å²) in [5.74, 6) is -2.16. The van der Waals surface area contributed by atoms with Crippen LogP contribution in [0.3, 0.4) is 0 Å². The Kier molecular flexibility index (Phi) is 8.77. The predicted molar refractivity (Wildman–Crippen MR) is 137 cm³/mol. The van der Waals surface area contributed by atoms with Gasteiger partial charge in [-0.2, -0.15) is 0 Å². The first-order chi connectivity index (χ1) is 17.6. The Morgan fingerprint density at radius 2 is 1.71 bits per heavy atom. The van der Waals surface area contributed by atoms with Crippen molar-refractivity contribution >= 4 is 38.6 Å². The SMILES string of the molecule is N=c1ccc2c(-c3ccccc3C(=O)O)c3ccc(N)cc3oc-2c1S(=O)(=O)NCCCCCC(=O)O.[Cl-]. The maximum Gasteiger partial charge on any atom is 0.336 e. The van der Waals surface area contributed by atoms with Gasteiger partial charge >= 0.3 is 11.9 Å². The molecule has 0 unspecified atom stereocenters. The highest BCUT2D eigenvalue weighted by atomic mass is 35.5. The molecule has 4 rings (SSSR count). The second kappa shape index (κ2) is 11.6. The average molecular weight is 559 g/mol. The van der Waals surface area contributed by atoms with Crippen LogP contribution >= 0.6 is 0 Å². The minimum Gasteiger partial charge on any atom is -1.00 e. The fourth-order valence-corrected chi connectivity index (χ4v) is 5.56. The molecule has 0 atom stereocenters. The van der Waals surface area contributed by atoms with E-state index in [1.54, 1.807) is 30.3 Å². The number of anilines is 1. The zero-order valence-electron chi connectivity index (χ0n) is 20.0. The fourth-order valence-electron chi connectivity index (χ4n) is 4.25. The van der Waals surface area contributed by atoms with E-state index in [-0.39, 0.29) is 52.5 Å². The van der Waals surface area contributed by atoms with Gasteiger partial charge in [-0.1, -0.05) is 24.6 Å². The normalized spacial score (nSPS) is 11.4. The van der Waals surface area contributed by atoms with Crippen LogP contribution in [0.4, 0.5) is 5.69 Å². The van der Waals surface area contributed by atoms with E-state index in [0.29, 0.717) is 47.0 Å². The number of hydrogen-bond acceptors (Lipinski definition) is 7. The van der Waals surface area contributed by atoms with Crippen LogP contribution in [-0.2, 0) is 14.8 Å². The summed E-state index contributed by atoms with van der Waals surface area (Å²) in [6.45, 7) is 0.0486. The van der Waals surface area contributed by atoms with Crippen molar-refractivity contribution in [1.29, 1.82) is 5.41 Å². The molecular formula is C26H25ClN3O7S-. The third kappa shape index (κ3) is 5.80. The van der Waals surface area contributed by atoms with Crippen LogP contribution < -0.4 is 28.2 Å². The highest BCUT2D eigenvalue weighted by Gasteiger charge is 2.29. The van der Waals surface area contributed by atoms with E-state index in [4.69, 9.17) is 20.7 Å². The van der Waals surface area contributed by atoms with Crippen LogP contribution in [-0.4, -0.2) is 37.1 Å². The number of carboxylic acids is 2. The molecule has 10 nitrogen and oxygen atoms in total. The summed E-state index contributed by atoms with van der Waals surface area (Å²) >= 11 is 0. The van der Waals surface area contributed by atoms with Gasteiger partial charge in [-0.05, 0) is 48.7 Å². The first-order valence-corrected chi connectivity index (χ1v) is 13.0. The van der Waals surface area contributed by atoms with Crippen LogP contribution in [0.2, 0.25) is 0 Å². The molecule has 1 aliphatic heterocycles. The lowest BCUT2D eigenvalue weighted by atomic mass is 9.90. The number of fused-ring (bicyclic) bond motifs is 2. The van der Waals surface area contributed by atoms with E-state index < -0.39 is 22.0 Å². The lowest BCUT2D eigenvalue weighted by molar-refractivity contribution is -0.137. The summed E-state index contributed by atoms with van der Waals surface area (Å²) in [5, 5.41) is 27.2. The molecule has 200 valence electrons. The molecule has 2 aliphatic rings. The summed E-state index contributed by atoms with van der Waals surface area (Å²) in [4.78, 5) is 22.3. The van der Waals surface area contributed by atoms with Gasteiger partial charge in [0.25, 0.3) is 0 Å². The quantitative estimate of drug-likeness (QED) is 0.108. The topological polar surface area (TPSA) is 184 Å². The summed E-state index contributed by atoms with van der Waals surface area (Å²) in [7, 11) is -4.22. The maximum absolute atomic E-state index is 13.3. The van der Waals surface area contributed by atoms with Gasteiger partial charge in [0.05, 0.1) is 10.9 Å². The van der Waals surface area contributed by atoms with Crippen LogP contribution in [0.1, 0.15) is 36.0 Å². The minimum absolute atomic E-state index is 0. The molecule has 0 saturated carbocycles. The molecule has 0 spiro atoms. The monoisotopic (exact) mass is 558 g/mol. The van der Waals surface area contributed by atoms with Gasteiger partial charge in [-0.15, -0.1) is 0 Å². The summed E-state index contributed by atoms with van der Waals surface area (Å²) in [6.07, 6.45) is 1.35. The smallest absolute Gasteiger partial charge is 0.336 e. The molecule has 0 bridgehead atoms. The number of unbranched alkanes of at least 4 members (excludes halogenated alkanes) is 2. The maximum atomic E-state index is 13.3. The van der Waals surface area contributed by atoms with E-state index in [2.05, 4.69) is 4.72 Å². The molecule has 0 fully saturated rings. The highest BCUT2D eigenvalue weighted by Crippen LogP contribution is 2.43. The van der Waals surface area contributed by atoms with Crippen molar-refractivity contribution in [3.8, 4) is 22.5 Å². The Morgan fingerprint density at radius 3 is 2.42 bits per heavy atom. The third-order valence-electron chi connectivity index (χ3n) is 5.92. The molecule has 6 N–H and O–H groups in total. The third-order valence-corrected chi connectivity index (χ3v) is 7.45. The lowest BCUT2D eigenvalue weighted by Gasteiger charge is -2.19. The number of carbonyl (C=O) groups is 2. The Morgan fingerprint density at radius 1 is 0.974 bits per heavy atom. The van der Waals surface area contributed by atoms with Crippen molar-refractivity contribution in [3.63, 3.8) is 0 Å². The lowest BCUT2D eigenvalue weighted by Crippen LogP contribution is -3.00. The predicted octanol–water partition coefficient (Wildman–Crippen LogP) is 0.892. The Hall–Kier alpha value is -3.93. The summed E-state index contributed by atoms with van der Waals surface area (Å²) in [6, 6.07) is 14.1. The van der Waals surface area contributed by atoms with Gasteiger partial charge in [-0.3, -0.25) is 10.2 Å². The molecule has 38 heavy (non-hydrogen) atoms. The number of rotatable bonds is 10. The summed E-state index contributed by atoms with van der Waals surface area (Å²) < 4.78 is 35.2. The van der Waals surface area contributed by atoms with Crippen LogP contribution in [0, 0.1) is 5.41 Å². The van der Waals surface area contributed by atoms with Gasteiger partial charge in [0.2, 0.25) is 10.0 Å². The molecule has 12 heteroatoms. The van der Waals surface area contributed by atoms with E-state index >= 15 is 0 Å². The fraction of sp³-hybridized carbons (Fsp3) is 0.192. The average Bonchev–Trinajstić information content (AvgIpc) is 2.84. The Bertz CT molecular complexity index is 1650. The van der Waals surface area contributed by atoms with Crippen LogP contribution in [0.25, 0.3) is 33.4 Å². The molecule has 0 saturated heterocycles. The van der Waals surface area contributed by atoms with Crippen LogP contribution in [0.5, 0.6) is 0 Å². The van der Waals surface area contributed by atoms with Gasteiger partial charge in [0.15, 0.2) is 10.7 Å². The van der Waals surface area contributed by atoms with Gasteiger partial charge < -0.3 is 32.8 Å². The largest absolute Gasteiger partial charge is 1.00 e. The summed E-state index contributed by atoms with van der Waals surface area (Å²) in [5.41, 5.74) is 7.70. The molecule has 2 aromatic rings. The number of aliphatic carboxylic acids is 1. The van der Waals surface area contributed by atoms with Crippen molar-refractivity contribution < 1.29 is 45.0 Å². The zero-order chi connectivity index (χ0) is 26.7. The van der Waals surface area contributed by atoms with Crippen molar-refractivity contribution in [3.05, 3.63) is 65.5 Å². The molecular weight excluding hydrogens is 534 g/mol. The van der Waals surface area contributed by atoms with E-state index in [0.717, 1.165) is 0 Å². The first-order valence-electron chi connectivity index (χ1n) is 11.5. The second-order valence-corrected chi connectivity index (χ2v) is 10.2. The number of halogens is 1. The number of carboxylic acid groups (broad SMARTS) is 2. The van der Waals surface area contributed by atoms with E-state index in [1.807, 2.05) is 0 Å². The molecule has 1 heterocycles. The van der Waals surface area contributed by atoms with Crippen molar-refractivity contribution in [2.24, 2.45) is 0 Å². The Labute approximate surface area is 224 Å². The first kappa shape index (κ1) is 28.6. The van der Waals surface area contributed by atoms with Gasteiger partial charge in [0, 0.05) is 41.2 Å². The van der Waals surface area contributed by atoms with Crippen molar-refractivity contribution in [2.45, 2.75) is 30.6 Å². The molecule has 0 radical (unpaired) electrons. The minimum atomic E-state index is -4.22.